The third-order valence-electron chi connectivity index (χ3n) is 3.21. The smallest absolute Gasteiger partial charge is 0.416 e. The van der Waals surface area contributed by atoms with Crippen LogP contribution in [0.1, 0.15) is 18.9 Å². The number of nitrogens with one attached hydrogen (secondary N) is 1. The van der Waals surface area contributed by atoms with Gasteiger partial charge in [0.2, 0.25) is 0 Å². The second kappa shape index (κ2) is 7.33. The summed E-state index contributed by atoms with van der Waals surface area (Å²) in [7, 11) is 0. The number of ether oxygens (including phenoxy) is 1. The lowest BCUT2D eigenvalue weighted by Crippen LogP contribution is -2.32. The Morgan fingerprint density at radius 3 is 2.42 bits per heavy atom. The van der Waals surface area contributed by atoms with Crippen LogP contribution in [0.4, 0.5) is 23.2 Å². The molecule has 0 unspecified atom stereocenters. The number of anilines is 1. The van der Waals surface area contributed by atoms with E-state index in [1.807, 2.05) is 0 Å². The molecular formula is C17H15F4NO2. The van der Waals surface area contributed by atoms with E-state index in [2.05, 4.69) is 5.32 Å². The molecule has 24 heavy (non-hydrogen) atoms. The largest absolute Gasteiger partial charge is 0.481 e. The van der Waals surface area contributed by atoms with E-state index < -0.39 is 29.6 Å². The Morgan fingerprint density at radius 2 is 1.83 bits per heavy atom. The summed E-state index contributed by atoms with van der Waals surface area (Å²) in [6, 6.07) is 9.45. The first kappa shape index (κ1) is 17.8. The fourth-order valence-corrected chi connectivity index (χ4v) is 2.00. The Labute approximate surface area is 136 Å². The molecule has 1 N–H and O–H groups in total. The first-order chi connectivity index (χ1) is 11.3. The Kier molecular flexibility index (Phi) is 5.43. The van der Waals surface area contributed by atoms with Crippen molar-refractivity contribution in [3.63, 3.8) is 0 Å². The van der Waals surface area contributed by atoms with Crippen molar-refractivity contribution in [2.75, 3.05) is 5.32 Å². The molecule has 0 aliphatic heterocycles. The number of halogens is 4. The number of carbonyl (C=O) groups is 1. The molecule has 3 nitrogen and oxygen atoms in total. The van der Waals surface area contributed by atoms with E-state index in [9.17, 15) is 22.4 Å². The Morgan fingerprint density at radius 1 is 1.17 bits per heavy atom. The predicted octanol–water partition coefficient (Wildman–Crippen LogP) is 4.64. The predicted molar refractivity (Wildman–Crippen MR) is 81.2 cm³/mol. The van der Waals surface area contributed by atoms with Crippen LogP contribution in [0.5, 0.6) is 5.75 Å². The van der Waals surface area contributed by atoms with E-state index in [1.165, 1.54) is 36.4 Å². The zero-order valence-electron chi connectivity index (χ0n) is 12.7. The third kappa shape index (κ3) is 4.71. The van der Waals surface area contributed by atoms with Gasteiger partial charge in [-0.05, 0) is 48.9 Å². The maximum atomic E-state index is 12.9. The van der Waals surface area contributed by atoms with Gasteiger partial charge < -0.3 is 10.1 Å². The maximum absolute atomic E-state index is 12.9. The van der Waals surface area contributed by atoms with Crippen molar-refractivity contribution in [2.24, 2.45) is 0 Å². The molecule has 0 saturated heterocycles. The molecule has 2 aromatic rings. The number of carbonyl (C=O) groups excluding carboxylic acids is 1. The average Bonchev–Trinajstić information content (AvgIpc) is 2.53. The number of hydrogen-bond donors (Lipinski definition) is 1. The van der Waals surface area contributed by atoms with Crippen molar-refractivity contribution in [1.82, 2.24) is 0 Å². The molecule has 0 radical (unpaired) electrons. The van der Waals surface area contributed by atoms with Crippen LogP contribution in [0.3, 0.4) is 0 Å². The van der Waals surface area contributed by atoms with Gasteiger partial charge in [-0.3, -0.25) is 4.79 Å². The van der Waals surface area contributed by atoms with Gasteiger partial charge in [-0.15, -0.1) is 0 Å². The lowest BCUT2D eigenvalue weighted by molar-refractivity contribution is -0.137. The summed E-state index contributed by atoms with van der Waals surface area (Å²) in [5.41, 5.74) is -0.830. The standard InChI is InChI=1S/C17H15F4NO2/c1-2-15(24-14-8-6-12(18)7-9-14)16(23)22-13-5-3-4-11(10-13)17(19,20)21/h3-10,15H,2H2,1H3,(H,22,23)/t15-/m1/s1. The van der Waals surface area contributed by atoms with E-state index in [4.69, 9.17) is 4.74 Å². The molecule has 7 heteroatoms. The van der Waals surface area contributed by atoms with Gasteiger partial charge in [-0.1, -0.05) is 13.0 Å². The normalized spacial score (nSPS) is 12.5. The summed E-state index contributed by atoms with van der Waals surface area (Å²) >= 11 is 0. The van der Waals surface area contributed by atoms with Crippen LogP contribution in [-0.2, 0) is 11.0 Å². The van der Waals surface area contributed by atoms with Crippen LogP contribution in [0.15, 0.2) is 48.5 Å². The molecule has 0 saturated carbocycles. The summed E-state index contributed by atoms with van der Waals surface area (Å²) in [6.07, 6.45) is -5.11. The molecule has 2 aromatic carbocycles. The van der Waals surface area contributed by atoms with E-state index >= 15 is 0 Å². The maximum Gasteiger partial charge on any atom is 0.416 e. The molecule has 0 aliphatic rings. The monoisotopic (exact) mass is 341 g/mol. The zero-order chi connectivity index (χ0) is 17.7. The van der Waals surface area contributed by atoms with Gasteiger partial charge in [-0.2, -0.15) is 13.2 Å². The second-order valence-corrected chi connectivity index (χ2v) is 5.04. The van der Waals surface area contributed by atoms with Crippen molar-refractivity contribution in [3.05, 3.63) is 59.9 Å². The Bertz CT molecular complexity index is 698. The second-order valence-electron chi connectivity index (χ2n) is 5.04. The van der Waals surface area contributed by atoms with Gasteiger partial charge in [0.1, 0.15) is 11.6 Å². The van der Waals surface area contributed by atoms with E-state index in [0.717, 1.165) is 12.1 Å². The lowest BCUT2D eigenvalue weighted by atomic mass is 10.2. The molecule has 1 amide bonds. The summed E-state index contributed by atoms with van der Waals surface area (Å²) in [4.78, 5) is 12.2. The molecule has 0 spiro atoms. The minimum atomic E-state index is -4.49. The summed E-state index contributed by atoms with van der Waals surface area (Å²) in [6.45, 7) is 1.69. The van der Waals surface area contributed by atoms with Gasteiger partial charge in [0.05, 0.1) is 5.56 Å². The van der Waals surface area contributed by atoms with E-state index in [-0.39, 0.29) is 5.69 Å². The highest BCUT2D eigenvalue weighted by Crippen LogP contribution is 2.30. The van der Waals surface area contributed by atoms with Gasteiger partial charge in [0, 0.05) is 5.69 Å². The molecule has 0 fully saturated rings. The van der Waals surface area contributed by atoms with Gasteiger partial charge in [-0.25, -0.2) is 4.39 Å². The van der Waals surface area contributed by atoms with Gasteiger partial charge in [0.25, 0.3) is 5.91 Å². The fourth-order valence-electron chi connectivity index (χ4n) is 2.00. The van der Waals surface area contributed by atoms with Crippen molar-refractivity contribution in [3.8, 4) is 5.75 Å². The van der Waals surface area contributed by atoms with E-state index in [1.54, 1.807) is 6.92 Å². The summed E-state index contributed by atoms with van der Waals surface area (Å²) in [5.74, 6) is -0.729. The minimum Gasteiger partial charge on any atom is -0.481 e. The van der Waals surface area contributed by atoms with Gasteiger partial charge in [0.15, 0.2) is 6.10 Å². The summed E-state index contributed by atoms with van der Waals surface area (Å²) < 4.78 is 56.4. The van der Waals surface area contributed by atoms with Crippen LogP contribution in [-0.4, -0.2) is 12.0 Å². The SMILES string of the molecule is CC[C@@H](Oc1ccc(F)cc1)C(=O)Nc1cccc(C(F)(F)F)c1. The van der Waals surface area contributed by atoms with Gasteiger partial charge >= 0.3 is 6.18 Å². The first-order valence-electron chi connectivity index (χ1n) is 7.20. The highest BCUT2D eigenvalue weighted by Gasteiger charge is 2.30. The highest BCUT2D eigenvalue weighted by atomic mass is 19.4. The fraction of sp³-hybridized carbons (Fsp3) is 0.235. The van der Waals surface area contributed by atoms with Crippen molar-refractivity contribution in [2.45, 2.75) is 25.6 Å². The quantitative estimate of drug-likeness (QED) is 0.805. The number of amides is 1. The molecule has 0 heterocycles. The van der Waals surface area contributed by atoms with Crippen molar-refractivity contribution >= 4 is 11.6 Å². The molecule has 0 aliphatic carbocycles. The molecule has 1 atom stereocenters. The number of hydrogen-bond acceptors (Lipinski definition) is 2. The topological polar surface area (TPSA) is 38.3 Å². The Hall–Kier alpha value is -2.57. The van der Waals surface area contributed by atoms with Crippen LogP contribution in [0.25, 0.3) is 0 Å². The number of rotatable bonds is 5. The number of benzene rings is 2. The van der Waals surface area contributed by atoms with Crippen molar-refractivity contribution in [1.29, 1.82) is 0 Å². The van der Waals surface area contributed by atoms with Crippen LogP contribution in [0, 0.1) is 5.82 Å². The van der Waals surface area contributed by atoms with Crippen LogP contribution < -0.4 is 10.1 Å². The third-order valence-corrected chi connectivity index (χ3v) is 3.21. The van der Waals surface area contributed by atoms with E-state index in [0.29, 0.717) is 12.2 Å². The van der Waals surface area contributed by atoms with Crippen molar-refractivity contribution < 1.29 is 27.1 Å². The average molecular weight is 341 g/mol. The zero-order valence-corrected chi connectivity index (χ0v) is 12.7. The minimum absolute atomic E-state index is 0.0241. The molecule has 0 aromatic heterocycles. The molecular weight excluding hydrogens is 326 g/mol. The Balaban J connectivity index is 2.08. The summed E-state index contributed by atoms with van der Waals surface area (Å²) in [5, 5.41) is 2.40. The number of alkyl halides is 3. The lowest BCUT2D eigenvalue weighted by Gasteiger charge is -2.18. The first-order valence-corrected chi connectivity index (χ1v) is 7.20. The molecule has 0 bridgehead atoms. The molecule has 2 rings (SSSR count). The highest BCUT2D eigenvalue weighted by molar-refractivity contribution is 5.94. The van der Waals surface area contributed by atoms with Crippen LogP contribution >= 0.6 is 0 Å². The molecule has 128 valence electrons. The van der Waals surface area contributed by atoms with Crippen LogP contribution in [0.2, 0.25) is 0 Å².